The number of aryl methyl sites for hydroxylation is 1. The summed E-state index contributed by atoms with van der Waals surface area (Å²) in [6.07, 6.45) is 6.05. The van der Waals surface area contributed by atoms with Crippen LogP contribution < -0.4 is 10.8 Å². The monoisotopic (exact) mass is 345 g/mol. The number of hydrogen-bond acceptors (Lipinski definition) is 3. The van der Waals surface area contributed by atoms with Crippen LogP contribution in [0.2, 0.25) is 0 Å². The van der Waals surface area contributed by atoms with Crippen LogP contribution in [0.4, 0.5) is 5.69 Å². The number of hydrogen-bond donors (Lipinski definition) is 4. The average molecular weight is 345 g/mol. The summed E-state index contributed by atoms with van der Waals surface area (Å²) in [6, 6.07) is 3.67. The van der Waals surface area contributed by atoms with Crippen LogP contribution in [0.1, 0.15) is 51.2 Å². The molecule has 0 spiro atoms. The number of aliphatic carboxylic acids is 1. The summed E-state index contributed by atoms with van der Waals surface area (Å²) in [6.45, 7) is 6.02. The van der Waals surface area contributed by atoms with E-state index in [9.17, 15) is 9.90 Å². The molecule has 0 atom stereocenters. The lowest BCUT2D eigenvalue weighted by Gasteiger charge is -2.21. The SMILES string of the molecule is CC(C)(C)c1cc(CCC(=O)O)cc([NH2+]N=C2C=CCCC2=[NH2+])c1O. The summed E-state index contributed by atoms with van der Waals surface area (Å²) in [4.78, 5) is 10.9. The summed E-state index contributed by atoms with van der Waals surface area (Å²) < 4.78 is 0. The van der Waals surface area contributed by atoms with Gasteiger partial charge in [0.1, 0.15) is 0 Å². The number of carboxylic acid groups (broad SMARTS) is 1. The van der Waals surface area contributed by atoms with Gasteiger partial charge in [-0.15, -0.1) is 0 Å². The van der Waals surface area contributed by atoms with Gasteiger partial charge in [-0.1, -0.05) is 38.0 Å². The van der Waals surface area contributed by atoms with Gasteiger partial charge < -0.3 is 10.2 Å². The molecular formula is C19H27N3O3+2. The molecule has 0 aliphatic heterocycles. The maximum absolute atomic E-state index is 10.9. The number of quaternary nitrogens is 1. The molecule has 0 heterocycles. The van der Waals surface area contributed by atoms with E-state index < -0.39 is 5.97 Å². The van der Waals surface area contributed by atoms with Gasteiger partial charge in [0.05, 0.1) is 0 Å². The number of nitrogens with zero attached hydrogens (tertiary/aromatic N) is 1. The van der Waals surface area contributed by atoms with Crippen LogP contribution in [0.3, 0.4) is 0 Å². The molecule has 25 heavy (non-hydrogen) atoms. The van der Waals surface area contributed by atoms with Crippen molar-refractivity contribution in [2.75, 3.05) is 0 Å². The van der Waals surface area contributed by atoms with Gasteiger partial charge in [0.2, 0.25) is 5.71 Å². The standard InChI is InChI=1S/C19H25N3O3/c1-19(2,3)13-10-12(8-9-17(23)24)11-16(18(13)25)22-21-15-7-5-4-6-14(15)20/h5,7,10-11,20,22,25H,4,6,8-9H2,1-3H3,(H,23,24)/p+2. The first kappa shape index (κ1) is 18.9. The highest BCUT2D eigenvalue weighted by molar-refractivity contribution is 6.44. The highest BCUT2D eigenvalue weighted by Gasteiger charge is 2.24. The number of allylic oxidation sites excluding steroid dienone is 2. The number of carboxylic acids is 1. The first-order valence-corrected chi connectivity index (χ1v) is 8.46. The summed E-state index contributed by atoms with van der Waals surface area (Å²) >= 11 is 0. The van der Waals surface area contributed by atoms with Crippen molar-refractivity contribution in [1.82, 2.24) is 0 Å². The van der Waals surface area contributed by atoms with Crippen LogP contribution in [-0.4, -0.2) is 27.6 Å². The molecule has 1 aromatic carbocycles. The van der Waals surface area contributed by atoms with Gasteiger partial charge in [-0.3, -0.25) is 10.2 Å². The topological polar surface area (TPSA) is 112 Å². The number of rotatable bonds is 5. The summed E-state index contributed by atoms with van der Waals surface area (Å²) in [5.41, 5.74) is 5.00. The summed E-state index contributed by atoms with van der Waals surface area (Å²) in [5, 5.41) is 30.0. The first-order chi connectivity index (χ1) is 11.7. The molecule has 1 aliphatic carbocycles. The molecule has 2 rings (SSSR count). The van der Waals surface area contributed by atoms with E-state index in [2.05, 4.69) is 5.10 Å². The van der Waals surface area contributed by atoms with E-state index >= 15 is 0 Å². The molecular weight excluding hydrogens is 318 g/mol. The average Bonchev–Trinajstić information content (AvgIpc) is 2.52. The zero-order chi connectivity index (χ0) is 18.6. The molecule has 6 heteroatoms. The van der Waals surface area contributed by atoms with Crippen molar-refractivity contribution in [2.45, 2.75) is 51.9 Å². The number of benzene rings is 1. The Bertz CT molecular complexity index is 743. The molecule has 6 N–H and O–H groups in total. The Balaban J connectivity index is 2.37. The third-order valence-electron chi connectivity index (χ3n) is 4.16. The maximum Gasteiger partial charge on any atom is 0.303 e. The Kier molecular flexibility index (Phi) is 5.74. The fourth-order valence-corrected chi connectivity index (χ4v) is 2.72. The predicted octanol–water partition coefficient (Wildman–Crippen LogP) is 0.808. The van der Waals surface area contributed by atoms with Crippen LogP contribution in [-0.2, 0) is 16.6 Å². The fraction of sp³-hybridized carbons (Fsp3) is 0.421. The molecule has 0 fully saturated rings. The van der Waals surface area contributed by atoms with Crippen molar-refractivity contribution in [2.24, 2.45) is 5.10 Å². The molecule has 0 bridgehead atoms. The van der Waals surface area contributed by atoms with E-state index in [1.807, 2.05) is 39.0 Å². The Labute approximate surface area is 147 Å². The minimum Gasteiger partial charge on any atom is -0.502 e. The quantitative estimate of drug-likeness (QED) is 0.274. The van der Waals surface area contributed by atoms with Gasteiger partial charge in [0.25, 0.3) is 0 Å². The number of aromatic hydroxyl groups is 1. The molecule has 0 unspecified atom stereocenters. The third-order valence-corrected chi connectivity index (χ3v) is 4.16. The fourth-order valence-electron chi connectivity index (χ4n) is 2.72. The van der Waals surface area contributed by atoms with E-state index in [1.54, 1.807) is 11.5 Å². The van der Waals surface area contributed by atoms with E-state index in [-0.39, 0.29) is 17.6 Å². The number of phenolic OH excluding ortho intramolecular Hbond substituents is 1. The lowest BCUT2D eigenvalue weighted by Crippen LogP contribution is -2.72. The zero-order valence-electron chi connectivity index (χ0n) is 15.0. The van der Waals surface area contributed by atoms with Gasteiger partial charge in [-0.2, -0.15) is 5.43 Å². The molecule has 1 aliphatic rings. The minimum absolute atomic E-state index is 0.0474. The zero-order valence-corrected chi connectivity index (χ0v) is 15.0. The van der Waals surface area contributed by atoms with Crippen molar-refractivity contribution < 1.29 is 25.8 Å². The van der Waals surface area contributed by atoms with Crippen LogP contribution >= 0.6 is 0 Å². The summed E-state index contributed by atoms with van der Waals surface area (Å²) in [7, 11) is 0. The van der Waals surface area contributed by atoms with E-state index in [4.69, 9.17) is 10.5 Å². The Morgan fingerprint density at radius 2 is 2.08 bits per heavy atom. The van der Waals surface area contributed by atoms with Crippen molar-refractivity contribution in [1.29, 1.82) is 0 Å². The molecule has 0 aromatic heterocycles. The minimum atomic E-state index is -0.842. The van der Waals surface area contributed by atoms with Crippen LogP contribution in [0.25, 0.3) is 0 Å². The Morgan fingerprint density at radius 3 is 2.68 bits per heavy atom. The largest absolute Gasteiger partial charge is 0.502 e. The second kappa shape index (κ2) is 7.61. The van der Waals surface area contributed by atoms with Gasteiger partial charge in [0.15, 0.2) is 17.1 Å². The number of carbonyl (C=O) groups is 1. The van der Waals surface area contributed by atoms with E-state index in [1.165, 1.54) is 0 Å². The molecule has 0 amide bonds. The third kappa shape index (κ3) is 5.00. The normalized spacial score (nSPS) is 16.4. The first-order valence-electron chi connectivity index (χ1n) is 8.46. The van der Waals surface area contributed by atoms with Crippen molar-refractivity contribution in [3.05, 3.63) is 35.4 Å². The van der Waals surface area contributed by atoms with E-state index in [0.29, 0.717) is 17.8 Å². The Hall–Kier alpha value is -2.47. The maximum atomic E-state index is 10.9. The molecule has 6 nitrogen and oxygen atoms in total. The van der Waals surface area contributed by atoms with Crippen molar-refractivity contribution in [3.8, 4) is 5.75 Å². The smallest absolute Gasteiger partial charge is 0.303 e. The van der Waals surface area contributed by atoms with Crippen molar-refractivity contribution >= 4 is 23.1 Å². The van der Waals surface area contributed by atoms with E-state index in [0.717, 1.165) is 29.7 Å². The van der Waals surface area contributed by atoms with Crippen LogP contribution in [0.5, 0.6) is 5.75 Å². The van der Waals surface area contributed by atoms with Gasteiger partial charge in [0, 0.05) is 24.5 Å². The highest BCUT2D eigenvalue weighted by Crippen LogP contribution is 2.35. The van der Waals surface area contributed by atoms with Gasteiger partial charge in [-0.25, -0.2) is 0 Å². The number of phenols is 1. The predicted molar refractivity (Wildman–Crippen MR) is 97.1 cm³/mol. The summed E-state index contributed by atoms with van der Waals surface area (Å²) in [5.74, 6) is -0.667. The van der Waals surface area contributed by atoms with Crippen molar-refractivity contribution in [3.63, 3.8) is 0 Å². The molecule has 0 radical (unpaired) electrons. The van der Waals surface area contributed by atoms with Gasteiger partial charge >= 0.3 is 5.97 Å². The lowest BCUT2D eigenvalue weighted by molar-refractivity contribution is -0.577. The second-order valence-electron chi connectivity index (χ2n) is 7.33. The second-order valence-corrected chi connectivity index (χ2v) is 7.33. The molecule has 1 aromatic rings. The molecule has 0 saturated carbocycles. The lowest BCUT2D eigenvalue weighted by atomic mass is 9.84. The molecule has 134 valence electrons. The Morgan fingerprint density at radius 1 is 1.36 bits per heavy atom. The molecule has 0 saturated heterocycles. The highest BCUT2D eigenvalue weighted by atomic mass is 16.4. The number of nitrogens with two attached hydrogens (primary N) is 2. The van der Waals surface area contributed by atoms with Crippen LogP contribution in [0, 0.1) is 0 Å². The van der Waals surface area contributed by atoms with Crippen LogP contribution in [0.15, 0.2) is 29.4 Å². The van der Waals surface area contributed by atoms with Gasteiger partial charge in [-0.05, 0) is 29.9 Å².